The lowest BCUT2D eigenvalue weighted by molar-refractivity contribution is 0.113. The number of rotatable bonds is 2. The van der Waals surface area contributed by atoms with Crippen molar-refractivity contribution in [2.24, 2.45) is 5.41 Å². The standard InChI is InChI=1S/C21H37ClN2Si/c1-19(2,3)18-15-23(20(4,5)6)25(22,24(18)21(7,8)9)16-17-13-11-10-12-14-17/h10-14,18H,15-16H2,1-9H3. The van der Waals surface area contributed by atoms with Crippen molar-refractivity contribution in [3.63, 3.8) is 0 Å². The lowest BCUT2D eigenvalue weighted by Gasteiger charge is -2.50. The Bertz CT molecular complexity index is 583. The number of benzene rings is 1. The van der Waals surface area contributed by atoms with Crippen LogP contribution in [0, 0.1) is 5.41 Å². The van der Waals surface area contributed by atoms with Crippen LogP contribution >= 0.6 is 11.1 Å². The first-order valence-electron chi connectivity index (χ1n) is 9.47. The molecule has 2 unspecified atom stereocenters. The summed E-state index contributed by atoms with van der Waals surface area (Å²) in [6, 6.07) is 12.2. The number of halogens is 1. The number of hydrogen-bond acceptors (Lipinski definition) is 2. The van der Waals surface area contributed by atoms with Gasteiger partial charge in [0, 0.05) is 29.7 Å². The maximum absolute atomic E-state index is 7.70. The molecule has 0 saturated carbocycles. The van der Waals surface area contributed by atoms with Crippen LogP contribution in [0.3, 0.4) is 0 Å². The van der Waals surface area contributed by atoms with E-state index in [2.05, 4.69) is 102 Å². The first-order chi connectivity index (χ1) is 11.2. The molecule has 0 amide bonds. The van der Waals surface area contributed by atoms with Gasteiger partial charge in [-0.3, -0.25) is 9.13 Å². The average molecular weight is 381 g/mol. The average Bonchev–Trinajstić information content (AvgIpc) is 2.72. The Morgan fingerprint density at radius 2 is 1.44 bits per heavy atom. The fourth-order valence-electron chi connectivity index (χ4n) is 4.23. The van der Waals surface area contributed by atoms with Gasteiger partial charge in [0.15, 0.2) is 0 Å². The largest absolute Gasteiger partial charge is 0.313 e. The van der Waals surface area contributed by atoms with Crippen LogP contribution < -0.4 is 0 Å². The highest BCUT2D eigenvalue weighted by molar-refractivity contribution is 7.17. The Morgan fingerprint density at radius 3 is 1.84 bits per heavy atom. The zero-order chi connectivity index (χ0) is 19.3. The molecule has 0 radical (unpaired) electrons. The summed E-state index contributed by atoms with van der Waals surface area (Å²) in [5.74, 6) is 0. The van der Waals surface area contributed by atoms with Gasteiger partial charge in [-0.1, -0.05) is 51.1 Å². The van der Waals surface area contributed by atoms with Gasteiger partial charge in [0.05, 0.1) is 0 Å². The van der Waals surface area contributed by atoms with Gasteiger partial charge >= 0.3 is 7.71 Å². The van der Waals surface area contributed by atoms with Crippen molar-refractivity contribution in [1.29, 1.82) is 0 Å². The topological polar surface area (TPSA) is 6.48 Å². The van der Waals surface area contributed by atoms with Crippen LogP contribution in [0.4, 0.5) is 0 Å². The first kappa shape index (κ1) is 21.0. The Morgan fingerprint density at radius 1 is 0.920 bits per heavy atom. The van der Waals surface area contributed by atoms with E-state index in [0.717, 1.165) is 12.6 Å². The third-order valence-electron chi connectivity index (χ3n) is 5.25. The van der Waals surface area contributed by atoms with Crippen molar-refractivity contribution in [3.05, 3.63) is 35.9 Å². The molecule has 0 spiro atoms. The third kappa shape index (κ3) is 4.32. The van der Waals surface area contributed by atoms with Gasteiger partial charge in [0.1, 0.15) is 0 Å². The van der Waals surface area contributed by atoms with Gasteiger partial charge in [-0.25, -0.2) is 0 Å². The van der Waals surface area contributed by atoms with Crippen molar-refractivity contribution >= 4 is 18.8 Å². The van der Waals surface area contributed by atoms with Gasteiger partial charge in [-0.05, 0) is 52.5 Å². The molecule has 2 nitrogen and oxygen atoms in total. The summed E-state index contributed by atoms with van der Waals surface area (Å²) in [6.07, 6.45) is 0. The molecule has 1 aromatic rings. The maximum Gasteiger partial charge on any atom is 0.313 e. The van der Waals surface area contributed by atoms with E-state index in [9.17, 15) is 0 Å². The van der Waals surface area contributed by atoms with Crippen molar-refractivity contribution < 1.29 is 0 Å². The molecule has 1 aromatic carbocycles. The highest BCUT2D eigenvalue weighted by Gasteiger charge is 2.61. The predicted octanol–water partition coefficient (Wildman–Crippen LogP) is 5.58. The Kier molecular flexibility index (Phi) is 5.59. The summed E-state index contributed by atoms with van der Waals surface area (Å²) in [7, 11) is -2.39. The van der Waals surface area contributed by atoms with Gasteiger partial charge in [-0.2, -0.15) is 0 Å². The van der Waals surface area contributed by atoms with Gasteiger partial charge < -0.3 is 0 Å². The van der Waals surface area contributed by atoms with E-state index < -0.39 is 7.71 Å². The fraction of sp³-hybridized carbons (Fsp3) is 0.714. The minimum Gasteiger partial charge on any atom is -0.293 e. The molecule has 0 aromatic heterocycles. The lowest BCUT2D eigenvalue weighted by atomic mass is 9.84. The van der Waals surface area contributed by atoms with Gasteiger partial charge in [-0.15, -0.1) is 11.1 Å². The molecule has 142 valence electrons. The van der Waals surface area contributed by atoms with Crippen molar-refractivity contribution in [2.75, 3.05) is 6.54 Å². The molecular weight excluding hydrogens is 344 g/mol. The molecule has 0 N–H and O–H groups in total. The van der Waals surface area contributed by atoms with E-state index in [4.69, 9.17) is 11.1 Å². The molecule has 0 bridgehead atoms. The molecular formula is C21H37ClN2Si. The Labute approximate surface area is 161 Å². The zero-order valence-corrected chi connectivity index (χ0v) is 19.4. The summed E-state index contributed by atoms with van der Waals surface area (Å²) in [4.78, 5) is 0. The highest BCUT2D eigenvalue weighted by atomic mass is 35.6. The minimum atomic E-state index is -2.39. The van der Waals surface area contributed by atoms with E-state index in [0.29, 0.717) is 6.04 Å². The van der Waals surface area contributed by atoms with Crippen molar-refractivity contribution in [3.8, 4) is 0 Å². The third-order valence-corrected chi connectivity index (χ3v) is 11.1. The van der Waals surface area contributed by atoms with E-state index in [1.165, 1.54) is 5.56 Å². The summed E-state index contributed by atoms with van der Waals surface area (Å²) in [5, 5.41) is 0. The molecule has 1 aliphatic heterocycles. The van der Waals surface area contributed by atoms with Crippen LogP contribution in [0.15, 0.2) is 30.3 Å². The summed E-state index contributed by atoms with van der Waals surface area (Å²) in [5.41, 5.74) is 1.64. The van der Waals surface area contributed by atoms with Crippen LogP contribution in [0.1, 0.15) is 67.9 Å². The van der Waals surface area contributed by atoms with Gasteiger partial charge in [0.25, 0.3) is 0 Å². The van der Waals surface area contributed by atoms with E-state index in [-0.39, 0.29) is 16.5 Å². The fourth-order valence-corrected chi connectivity index (χ4v) is 11.6. The van der Waals surface area contributed by atoms with E-state index in [1.807, 2.05) is 0 Å². The monoisotopic (exact) mass is 380 g/mol. The van der Waals surface area contributed by atoms with E-state index in [1.54, 1.807) is 0 Å². The highest BCUT2D eigenvalue weighted by Crippen LogP contribution is 2.46. The second-order valence-corrected chi connectivity index (χ2v) is 15.2. The van der Waals surface area contributed by atoms with E-state index >= 15 is 0 Å². The lowest BCUT2D eigenvalue weighted by Crippen LogP contribution is -2.67. The first-order valence-corrected chi connectivity index (χ1v) is 12.6. The number of nitrogens with zero attached hydrogens (tertiary/aromatic N) is 2. The normalized spacial score (nSPS) is 27.0. The molecule has 2 rings (SSSR count). The van der Waals surface area contributed by atoms with Crippen molar-refractivity contribution in [1.82, 2.24) is 9.13 Å². The molecule has 1 heterocycles. The molecule has 1 fully saturated rings. The zero-order valence-electron chi connectivity index (χ0n) is 17.7. The van der Waals surface area contributed by atoms with Crippen molar-refractivity contribution in [2.45, 2.75) is 85.5 Å². The smallest absolute Gasteiger partial charge is 0.293 e. The molecule has 4 heteroatoms. The summed E-state index contributed by atoms with van der Waals surface area (Å²) >= 11 is 7.70. The number of hydrogen-bond donors (Lipinski definition) is 0. The molecule has 25 heavy (non-hydrogen) atoms. The van der Waals surface area contributed by atoms with Gasteiger partial charge in [0.2, 0.25) is 0 Å². The molecule has 1 aliphatic rings. The second kappa shape index (κ2) is 6.67. The van der Waals surface area contributed by atoms with Crippen LogP contribution in [-0.4, -0.2) is 40.5 Å². The molecule has 0 aliphatic carbocycles. The summed E-state index contributed by atoms with van der Waals surface area (Å²) in [6.45, 7) is 22.0. The quantitative estimate of drug-likeness (QED) is 0.488. The Balaban J connectivity index is 2.58. The van der Waals surface area contributed by atoms with Crippen LogP contribution in [0.5, 0.6) is 0 Å². The maximum atomic E-state index is 7.70. The van der Waals surface area contributed by atoms with Crippen LogP contribution in [0.25, 0.3) is 0 Å². The summed E-state index contributed by atoms with van der Waals surface area (Å²) < 4.78 is 5.36. The predicted molar refractivity (Wildman–Crippen MR) is 113 cm³/mol. The molecule has 2 atom stereocenters. The minimum absolute atomic E-state index is 0.0424. The second-order valence-electron chi connectivity index (χ2n) is 10.6. The van der Waals surface area contributed by atoms with Crippen LogP contribution in [0.2, 0.25) is 0 Å². The SMILES string of the molecule is CC(C)(C)C1CN(C(C)(C)C)[Si](Cl)(Cc2ccccc2)N1C(C)(C)C. The molecule has 1 saturated heterocycles. The van der Waals surface area contributed by atoms with Crippen LogP contribution in [-0.2, 0) is 6.04 Å². The Hall–Kier alpha value is -0.353.